The van der Waals surface area contributed by atoms with E-state index in [9.17, 15) is 9.59 Å². The highest BCUT2D eigenvalue weighted by molar-refractivity contribution is 5.99. The Kier molecular flexibility index (Phi) is 7.09. The second kappa shape index (κ2) is 10.4. The number of carbonyl (C=O) groups excluding carboxylic acids is 2. The fourth-order valence-corrected chi connectivity index (χ4v) is 5.62. The number of hydrogen-bond donors (Lipinski definition) is 1. The Labute approximate surface area is 218 Å². The van der Waals surface area contributed by atoms with E-state index < -0.39 is 5.72 Å². The van der Waals surface area contributed by atoms with E-state index in [1.807, 2.05) is 67.4 Å². The zero-order chi connectivity index (χ0) is 26.0. The van der Waals surface area contributed by atoms with Crippen molar-refractivity contribution in [2.75, 3.05) is 13.7 Å². The van der Waals surface area contributed by atoms with Gasteiger partial charge < -0.3 is 20.1 Å². The number of carbonyl (C=O) groups is 2. The molecule has 2 heterocycles. The SMILES string of the molecule is CC(c1ccccc1)C1(N2Cc3cc(OCCCC(=O)N(C)C4CCCCC4)ccc3N=C2N)OC1=O. The third-order valence-corrected chi connectivity index (χ3v) is 8.00. The molecule has 1 saturated heterocycles. The number of epoxide rings is 1. The molecule has 0 bridgehead atoms. The van der Waals surface area contributed by atoms with E-state index in [0.29, 0.717) is 37.8 Å². The minimum Gasteiger partial charge on any atom is -0.494 e. The molecule has 2 atom stereocenters. The number of fused-ring (bicyclic) bond motifs is 1. The number of guanidine groups is 1. The first kappa shape index (κ1) is 25.1. The van der Waals surface area contributed by atoms with Gasteiger partial charge in [-0.25, -0.2) is 9.79 Å². The van der Waals surface area contributed by atoms with Gasteiger partial charge in [0, 0.05) is 25.1 Å². The van der Waals surface area contributed by atoms with Gasteiger partial charge in [-0.05, 0) is 43.0 Å². The summed E-state index contributed by atoms with van der Waals surface area (Å²) in [6.07, 6.45) is 7.06. The lowest BCUT2D eigenvalue weighted by Crippen LogP contribution is -2.51. The molecule has 8 nitrogen and oxygen atoms in total. The summed E-state index contributed by atoms with van der Waals surface area (Å²) in [6, 6.07) is 15.9. The molecule has 2 fully saturated rings. The molecule has 37 heavy (non-hydrogen) atoms. The second-order valence-corrected chi connectivity index (χ2v) is 10.3. The van der Waals surface area contributed by atoms with Crippen LogP contribution >= 0.6 is 0 Å². The Morgan fingerprint density at radius 1 is 1.22 bits per heavy atom. The maximum Gasteiger partial charge on any atom is 0.376 e. The van der Waals surface area contributed by atoms with Crippen LogP contribution in [0.3, 0.4) is 0 Å². The lowest BCUT2D eigenvalue weighted by Gasteiger charge is -2.34. The lowest BCUT2D eigenvalue weighted by molar-refractivity contribution is -0.132. The molecule has 2 aromatic carbocycles. The van der Waals surface area contributed by atoms with Crippen LogP contribution in [0.15, 0.2) is 53.5 Å². The van der Waals surface area contributed by atoms with Crippen LogP contribution < -0.4 is 10.5 Å². The number of nitrogens with two attached hydrogens (primary N) is 1. The molecule has 196 valence electrons. The first-order chi connectivity index (χ1) is 17.9. The summed E-state index contributed by atoms with van der Waals surface area (Å²) in [5.41, 5.74) is 7.81. The van der Waals surface area contributed by atoms with Crippen LogP contribution in [0.5, 0.6) is 5.75 Å². The fourth-order valence-electron chi connectivity index (χ4n) is 5.62. The van der Waals surface area contributed by atoms with Gasteiger partial charge in [-0.15, -0.1) is 0 Å². The van der Waals surface area contributed by atoms with Gasteiger partial charge in [-0.2, -0.15) is 0 Å². The van der Waals surface area contributed by atoms with E-state index >= 15 is 0 Å². The molecule has 8 heteroatoms. The summed E-state index contributed by atoms with van der Waals surface area (Å²) in [7, 11) is 1.93. The van der Waals surface area contributed by atoms with Gasteiger partial charge in [-0.3, -0.25) is 9.69 Å². The molecule has 0 radical (unpaired) electrons. The minimum atomic E-state index is -1.16. The van der Waals surface area contributed by atoms with Crippen LogP contribution in [0.1, 0.15) is 68.9 Å². The zero-order valence-corrected chi connectivity index (χ0v) is 21.7. The van der Waals surface area contributed by atoms with Crippen molar-refractivity contribution >= 4 is 23.5 Å². The van der Waals surface area contributed by atoms with Gasteiger partial charge in [-0.1, -0.05) is 56.5 Å². The van der Waals surface area contributed by atoms with E-state index in [1.165, 1.54) is 19.3 Å². The van der Waals surface area contributed by atoms with Crippen LogP contribution in [-0.4, -0.2) is 53.1 Å². The molecular formula is C29H36N4O4. The van der Waals surface area contributed by atoms with Gasteiger partial charge >= 0.3 is 5.97 Å². The molecule has 2 aliphatic heterocycles. The van der Waals surface area contributed by atoms with Crippen LogP contribution in [0.25, 0.3) is 0 Å². The number of rotatable bonds is 9. The zero-order valence-electron chi connectivity index (χ0n) is 21.7. The molecule has 5 rings (SSSR count). The number of hydrogen-bond acceptors (Lipinski definition) is 7. The maximum atomic E-state index is 12.6. The van der Waals surface area contributed by atoms with Crippen LogP contribution in [0.2, 0.25) is 0 Å². The molecule has 2 unspecified atom stereocenters. The van der Waals surface area contributed by atoms with Gasteiger partial charge in [0.2, 0.25) is 5.91 Å². The fraction of sp³-hybridized carbons (Fsp3) is 0.483. The number of ether oxygens (including phenoxy) is 2. The topological polar surface area (TPSA) is 101 Å². The van der Waals surface area contributed by atoms with Crippen molar-refractivity contribution in [2.24, 2.45) is 10.7 Å². The molecule has 0 spiro atoms. The number of aliphatic imine (C=N–C) groups is 1. The van der Waals surface area contributed by atoms with Gasteiger partial charge in [0.1, 0.15) is 5.75 Å². The van der Waals surface area contributed by atoms with Crippen LogP contribution in [0, 0.1) is 0 Å². The molecular weight excluding hydrogens is 468 g/mol. The minimum absolute atomic E-state index is 0.188. The van der Waals surface area contributed by atoms with Crippen molar-refractivity contribution in [1.29, 1.82) is 0 Å². The highest BCUT2D eigenvalue weighted by Gasteiger charge is 2.67. The molecule has 1 aliphatic carbocycles. The van der Waals surface area contributed by atoms with Crippen LogP contribution in [0.4, 0.5) is 5.69 Å². The average Bonchev–Trinajstić information content (AvgIpc) is 3.62. The summed E-state index contributed by atoms with van der Waals surface area (Å²) >= 11 is 0. The smallest absolute Gasteiger partial charge is 0.376 e. The van der Waals surface area contributed by atoms with E-state index in [4.69, 9.17) is 15.2 Å². The van der Waals surface area contributed by atoms with E-state index in [-0.39, 0.29) is 23.8 Å². The van der Waals surface area contributed by atoms with Crippen molar-refractivity contribution in [3.63, 3.8) is 0 Å². The maximum absolute atomic E-state index is 12.6. The Morgan fingerprint density at radius 3 is 2.65 bits per heavy atom. The van der Waals surface area contributed by atoms with Crippen molar-refractivity contribution in [1.82, 2.24) is 9.80 Å². The first-order valence-corrected chi connectivity index (χ1v) is 13.3. The molecule has 2 N–H and O–H groups in total. The number of benzene rings is 2. The molecule has 1 amide bonds. The number of cyclic esters (lactones) is 1. The average molecular weight is 505 g/mol. The summed E-state index contributed by atoms with van der Waals surface area (Å²) in [5.74, 6) is 0.625. The number of amides is 1. The molecule has 0 aromatic heterocycles. The standard InChI is InChI=1S/C29H36N4O4/c1-20(21-10-5-3-6-11-21)29(27(35)37-29)33-19-22-18-24(15-16-25(22)31-28(33)30)36-17-9-14-26(34)32(2)23-12-7-4-8-13-23/h3,5-6,10-11,15-16,18,20,23H,4,7-9,12-14,17,19H2,1-2H3,(H2,30,31). The van der Waals surface area contributed by atoms with Crippen molar-refractivity contribution < 1.29 is 19.1 Å². The van der Waals surface area contributed by atoms with E-state index in [0.717, 1.165) is 29.7 Å². The van der Waals surface area contributed by atoms with Crippen molar-refractivity contribution in [2.45, 2.75) is 76.1 Å². The largest absolute Gasteiger partial charge is 0.494 e. The van der Waals surface area contributed by atoms with Crippen molar-refractivity contribution in [3.05, 3.63) is 59.7 Å². The van der Waals surface area contributed by atoms with E-state index in [1.54, 1.807) is 4.90 Å². The Morgan fingerprint density at radius 2 is 1.95 bits per heavy atom. The predicted octanol–water partition coefficient (Wildman–Crippen LogP) is 4.46. The Hall–Kier alpha value is -3.55. The highest BCUT2D eigenvalue weighted by Crippen LogP contribution is 2.48. The predicted molar refractivity (Wildman–Crippen MR) is 141 cm³/mol. The summed E-state index contributed by atoms with van der Waals surface area (Å²) in [6.45, 7) is 2.81. The molecule has 1 saturated carbocycles. The molecule has 3 aliphatic rings. The van der Waals surface area contributed by atoms with Gasteiger partial charge in [0.05, 0.1) is 24.8 Å². The normalized spacial score (nSPS) is 21.9. The number of nitrogens with zero attached hydrogens (tertiary/aromatic N) is 3. The summed E-state index contributed by atoms with van der Waals surface area (Å²) < 4.78 is 11.6. The first-order valence-electron chi connectivity index (χ1n) is 13.3. The Balaban J connectivity index is 1.20. The third-order valence-electron chi connectivity index (χ3n) is 8.00. The van der Waals surface area contributed by atoms with Crippen molar-refractivity contribution in [3.8, 4) is 5.75 Å². The monoisotopic (exact) mass is 504 g/mol. The summed E-state index contributed by atoms with van der Waals surface area (Å²) in [5, 5.41) is 0. The third kappa shape index (κ3) is 5.02. The van der Waals surface area contributed by atoms with Gasteiger partial charge in [0.25, 0.3) is 5.72 Å². The van der Waals surface area contributed by atoms with Gasteiger partial charge in [0.15, 0.2) is 5.96 Å². The van der Waals surface area contributed by atoms with Crippen LogP contribution in [-0.2, 0) is 20.9 Å². The highest BCUT2D eigenvalue weighted by atomic mass is 16.7. The van der Waals surface area contributed by atoms with E-state index in [2.05, 4.69) is 4.99 Å². The Bertz CT molecular complexity index is 1180. The molecule has 2 aromatic rings. The lowest BCUT2D eigenvalue weighted by atomic mass is 9.91. The second-order valence-electron chi connectivity index (χ2n) is 10.3. The quantitative estimate of drug-likeness (QED) is 0.400. The summed E-state index contributed by atoms with van der Waals surface area (Å²) in [4.78, 5) is 33.4.